The molecule has 0 unspecified atom stereocenters. The van der Waals surface area contributed by atoms with E-state index >= 15 is 0 Å². The number of carbonyl (C=O) groups excluding carboxylic acids is 1. The van der Waals surface area contributed by atoms with Crippen molar-refractivity contribution in [2.45, 2.75) is 51.2 Å². The van der Waals surface area contributed by atoms with Gasteiger partial charge in [0.15, 0.2) is 11.5 Å². The van der Waals surface area contributed by atoms with Gasteiger partial charge in [-0.05, 0) is 26.3 Å². The van der Waals surface area contributed by atoms with E-state index in [1.807, 2.05) is 0 Å². The van der Waals surface area contributed by atoms with Crippen LogP contribution in [0.4, 0.5) is 30.6 Å². The molecule has 30 heavy (non-hydrogen) atoms. The number of nitrogens with zero attached hydrogens (tertiary/aromatic N) is 5. The van der Waals surface area contributed by atoms with Crippen LogP contribution in [0.5, 0.6) is 0 Å². The molecule has 12 heteroatoms. The summed E-state index contributed by atoms with van der Waals surface area (Å²) < 4.78 is 45.0. The molecular formula is C18H22F3N7O2. The van der Waals surface area contributed by atoms with E-state index in [9.17, 15) is 18.0 Å². The summed E-state index contributed by atoms with van der Waals surface area (Å²) in [5.41, 5.74) is 0.311. The topological polar surface area (TPSA) is 97.2 Å². The molecule has 1 amide bonds. The fraction of sp³-hybridized carbons (Fsp3) is 0.556. The SMILES string of the molecule is Cc1nc(N[C@@H]2CO[C@@H](Cn3ccc(C(F)(F)F)n3)C2)nc2c1NC(=O)[C@H](C)N2C. The van der Waals surface area contributed by atoms with Crippen LogP contribution in [0, 0.1) is 6.92 Å². The summed E-state index contributed by atoms with van der Waals surface area (Å²) in [6, 6.07) is 0.505. The fourth-order valence-corrected chi connectivity index (χ4v) is 3.55. The van der Waals surface area contributed by atoms with Crippen LogP contribution < -0.4 is 15.5 Å². The molecule has 2 N–H and O–H groups in total. The molecular weight excluding hydrogens is 403 g/mol. The first-order valence-electron chi connectivity index (χ1n) is 9.53. The average Bonchev–Trinajstić information content (AvgIpc) is 3.31. The van der Waals surface area contributed by atoms with Gasteiger partial charge in [0.1, 0.15) is 11.7 Å². The number of hydrogen-bond acceptors (Lipinski definition) is 7. The first kappa shape index (κ1) is 20.4. The fourth-order valence-electron chi connectivity index (χ4n) is 3.55. The first-order valence-corrected chi connectivity index (χ1v) is 9.53. The Balaban J connectivity index is 1.41. The third kappa shape index (κ3) is 3.91. The van der Waals surface area contributed by atoms with Gasteiger partial charge in [-0.25, -0.2) is 4.98 Å². The van der Waals surface area contributed by atoms with Crippen LogP contribution in [-0.4, -0.2) is 57.5 Å². The van der Waals surface area contributed by atoms with Gasteiger partial charge >= 0.3 is 6.18 Å². The Morgan fingerprint density at radius 3 is 2.83 bits per heavy atom. The number of alkyl halides is 3. The maximum absolute atomic E-state index is 12.7. The normalized spacial score (nSPS) is 24.0. The van der Waals surface area contributed by atoms with Crippen LogP contribution in [-0.2, 0) is 22.3 Å². The van der Waals surface area contributed by atoms with E-state index in [4.69, 9.17) is 4.74 Å². The summed E-state index contributed by atoms with van der Waals surface area (Å²) in [5.74, 6) is 0.926. The van der Waals surface area contributed by atoms with Gasteiger partial charge in [-0.15, -0.1) is 0 Å². The van der Waals surface area contributed by atoms with Crippen LogP contribution in [0.15, 0.2) is 12.3 Å². The lowest BCUT2D eigenvalue weighted by Gasteiger charge is -2.32. The van der Waals surface area contributed by atoms with E-state index in [2.05, 4.69) is 25.7 Å². The molecule has 0 radical (unpaired) electrons. The first-order chi connectivity index (χ1) is 14.1. The molecule has 2 aromatic rings. The van der Waals surface area contributed by atoms with Crippen molar-refractivity contribution < 1.29 is 22.7 Å². The molecule has 1 fully saturated rings. The van der Waals surface area contributed by atoms with Crippen LogP contribution in [0.25, 0.3) is 0 Å². The van der Waals surface area contributed by atoms with Crippen LogP contribution in [0.1, 0.15) is 24.7 Å². The Morgan fingerprint density at radius 1 is 1.37 bits per heavy atom. The molecule has 4 heterocycles. The standard InChI is InChI=1S/C18H22F3N7O2/c1-9-14-15(27(3)10(2)16(29)24-14)25-17(22-9)23-11-6-12(30-8-11)7-28-5-4-13(26-28)18(19,20)21/h4-5,10-12H,6-8H2,1-3H3,(H,24,29)(H,22,23,25)/t10-,11-,12+/m0/s1. The van der Waals surface area contributed by atoms with Gasteiger partial charge in [-0.2, -0.15) is 23.3 Å². The van der Waals surface area contributed by atoms with E-state index in [1.165, 1.54) is 10.9 Å². The van der Waals surface area contributed by atoms with Crippen LogP contribution in [0.2, 0.25) is 0 Å². The molecule has 0 bridgehead atoms. The van der Waals surface area contributed by atoms with Crippen molar-refractivity contribution in [3.8, 4) is 0 Å². The number of ether oxygens (including phenoxy) is 1. The minimum atomic E-state index is -4.46. The average molecular weight is 425 g/mol. The van der Waals surface area contributed by atoms with Gasteiger partial charge in [0.05, 0.1) is 31.0 Å². The van der Waals surface area contributed by atoms with Gasteiger partial charge in [0.2, 0.25) is 11.9 Å². The zero-order chi connectivity index (χ0) is 21.6. The summed E-state index contributed by atoms with van der Waals surface area (Å²) in [7, 11) is 1.80. The predicted octanol–water partition coefficient (Wildman–Crippen LogP) is 2.05. The highest BCUT2D eigenvalue weighted by Crippen LogP contribution is 2.32. The number of amides is 1. The number of halogens is 3. The van der Waals surface area contributed by atoms with E-state index < -0.39 is 11.9 Å². The van der Waals surface area contributed by atoms with Crippen molar-refractivity contribution in [1.29, 1.82) is 0 Å². The number of aromatic nitrogens is 4. The lowest BCUT2D eigenvalue weighted by Crippen LogP contribution is -2.45. The number of likely N-dealkylation sites (N-methyl/N-ethyl adjacent to an activating group) is 1. The Labute approximate surface area is 170 Å². The Bertz CT molecular complexity index is 962. The van der Waals surface area contributed by atoms with Crippen molar-refractivity contribution in [3.63, 3.8) is 0 Å². The van der Waals surface area contributed by atoms with Crippen molar-refractivity contribution in [1.82, 2.24) is 19.7 Å². The number of fused-ring (bicyclic) bond motifs is 1. The zero-order valence-electron chi connectivity index (χ0n) is 16.7. The number of nitrogens with one attached hydrogen (secondary N) is 2. The summed E-state index contributed by atoms with van der Waals surface area (Å²) in [4.78, 5) is 22.8. The molecule has 2 aromatic heterocycles. The molecule has 0 aliphatic carbocycles. The van der Waals surface area contributed by atoms with Gasteiger partial charge in [-0.1, -0.05) is 0 Å². The number of rotatable bonds is 4. The van der Waals surface area contributed by atoms with Crippen molar-refractivity contribution in [2.75, 3.05) is 29.2 Å². The third-order valence-electron chi connectivity index (χ3n) is 5.35. The minimum Gasteiger partial charge on any atom is -0.374 e. The highest BCUT2D eigenvalue weighted by atomic mass is 19.4. The second-order valence-electron chi connectivity index (χ2n) is 7.56. The van der Waals surface area contributed by atoms with Gasteiger partial charge in [-0.3, -0.25) is 9.48 Å². The Kier molecular flexibility index (Phi) is 5.04. The molecule has 0 spiro atoms. The quantitative estimate of drug-likeness (QED) is 0.774. The van der Waals surface area contributed by atoms with Crippen LogP contribution in [0.3, 0.4) is 0 Å². The summed E-state index contributed by atoms with van der Waals surface area (Å²) in [6.45, 7) is 4.18. The molecule has 0 aromatic carbocycles. The van der Waals surface area contributed by atoms with Gasteiger partial charge in [0.25, 0.3) is 0 Å². The van der Waals surface area contributed by atoms with Crippen molar-refractivity contribution in [2.24, 2.45) is 0 Å². The van der Waals surface area contributed by atoms with Crippen molar-refractivity contribution in [3.05, 3.63) is 23.7 Å². The summed E-state index contributed by atoms with van der Waals surface area (Å²) >= 11 is 0. The maximum Gasteiger partial charge on any atom is 0.435 e. The Morgan fingerprint density at radius 2 is 2.13 bits per heavy atom. The second kappa shape index (κ2) is 7.42. The van der Waals surface area contributed by atoms with E-state index in [1.54, 1.807) is 25.8 Å². The van der Waals surface area contributed by atoms with Crippen molar-refractivity contribution >= 4 is 23.4 Å². The number of anilines is 3. The summed E-state index contributed by atoms with van der Waals surface area (Å²) in [6.07, 6.45) is -2.86. The zero-order valence-corrected chi connectivity index (χ0v) is 16.7. The predicted molar refractivity (Wildman–Crippen MR) is 102 cm³/mol. The van der Waals surface area contributed by atoms with E-state index in [0.717, 1.165) is 6.07 Å². The smallest absolute Gasteiger partial charge is 0.374 e. The molecule has 2 aliphatic heterocycles. The number of aryl methyl sites for hydroxylation is 1. The number of hydrogen-bond donors (Lipinski definition) is 2. The molecule has 1 saturated heterocycles. The molecule has 9 nitrogen and oxygen atoms in total. The third-order valence-corrected chi connectivity index (χ3v) is 5.35. The highest BCUT2D eigenvalue weighted by Gasteiger charge is 2.35. The minimum absolute atomic E-state index is 0.0917. The maximum atomic E-state index is 12.7. The monoisotopic (exact) mass is 425 g/mol. The molecule has 162 valence electrons. The lowest BCUT2D eigenvalue weighted by atomic mass is 10.1. The second-order valence-corrected chi connectivity index (χ2v) is 7.56. The van der Waals surface area contributed by atoms with Gasteiger partial charge < -0.3 is 20.3 Å². The van der Waals surface area contributed by atoms with Gasteiger partial charge in [0, 0.05) is 13.2 Å². The molecule has 2 aliphatic rings. The summed E-state index contributed by atoms with van der Waals surface area (Å²) in [5, 5.41) is 9.62. The van der Waals surface area contributed by atoms with E-state index in [-0.39, 0.29) is 30.6 Å². The molecule has 0 saturated carbocycles. The largest absolute Gasteiger partial charge is 0.435 e. The highest BCUT2D eigenvalue weighted by molar-refractivity contribution is 6.03. The van der Waals surface area contributed by atoms with Crippen LogP contribution >= 0.6 is 0 Å². The number of carbonyl (C=O) groups is 1. The molecule has 4 rings (SSSR count). The molecule has 3 atom stereocenters. The van der Waals surface area contributed by atoms with E-state index in [0.29, 0.717) is 36.2 Å². The lowest BCUT2D eigenvalue weighted by molar-refractivity contribution is -0.141. The Hall–Kier alpha value is -2.89.